The standard InChI is InChI=1S/C21H30N6O2/c1-26(14-16-3-2-9-22-13-16)15-20(28)23-18-4-5-19-24-25-21(27(19)10-6-18)17-7-11-29-12-8-17/h2-3,9,13,17-18H,4-8,10-12,14-15H2,1H3,(H,23,28). The average Bonchev–Trinajstić information content (AvgIpc) is 3.04. The van der Waals surface area contributed by atoms with Gasteiger partial charge in [0, 0.05) is 57.1 Å². The number of nitrogens with zero attached hydrogens (tertiary/aromatic N) is 5. The van der Waals surface area contributed by atoms with Crippen molar-refractivity contribution < 1.29 is 9.53 Å². The van der Waals surface area contributed by atoms with Gasteiger partial charge in [-0.25, -0.2) is 0 Å². The second-order valence-corrected chi connectivity index (χ2v) is 8.14. The monoisotopic (exact) mass is 398 g/mol. The first-order valence-corrected chi connectivity index (χ1v) is 10.6. The summed E-state index contributed by atoms with van der Waals surface area (Å²) in [5.74, 6) is 2.67. The number of rotatable bonds is 6. The summed E-state index contributed by atoms with van der Waals surface area (Å²) in [5, 5.41) is 12.2. The third-order valence-corrected chi connectivity index (χ3v) is 5.81. The molecule has 8 nitrogen and oxygen atoms in total. The van der Waals surface area contributed by atoms with Crippen LogP contribution in [0.2, 0.25) is 0 Å². The largest absolute Gasteiger partial charge is 0.381 e. The Morgan fingerprint density at radius 2 is 2.14 bits per heavy atom. The van der Waals surface area contributed by atoms with E-state index in [9.17, 15) is 4.79 Å². The maximum Gasteiger partial charge on any atom is 0.234 e. The van der Waals surface area contributed by atoms with Crippen LogP contribution >= 0.6 is 0 Å². The number of nitrogens with one attached hydrogen (secondary N) is 1. The predicted octanol–water partition coefficient (Wildman–Crippen LogP) is 1.52. The first-order chi connectivity index (χ1) is 14.2. The lowest BCUT2D eigenvalue weighted by Gasteiger charge is -2.22. The van der Waals surface area contributed by atoms with Crippen LogP contribution in [-0.2, 0) is 29.0 Å². The highest BCUT2D eigenvalue weighted by molar-refractivity contribution is 5.78. The van der Waals surface area contributed by atoms with Gasteiger partial charge in [-0.3, -0.25) is 14.7 Å². The van der Waals surface area contributed by atoms with E-state index in [1.54, 1.807) is 6.20 Å². The number of ether oxygens (including phenoxy) is 1. The highest BCUT2D eigenvalue weighted by atomic mass is 16.5. The van der Waals surface area contributed by atoms with Gasteiger partial charge in [-0.1, -0.05) is 6.07 Å². The minimum Gasteiger partial charge on any atom is -0.381 e. The molecule has 1 amide bonds. The summed E-state index contributed by atoms with van der Waals surface area (Å²) in [5.41, 5.74) is 1.11. The van der Waals surface area contributed by atoms with Crippen molar-refractivity contribution in [2.45, 2.75) is 57.2 Å². The fraction of sp³-hybridized carbons (Fsp3) is 0.619. The number of hydrogen-bond donors (Lipinski definition) is 1. The normalized spacial score (nSPS) is 20.3. The number of pyridine rings is 1. The summed E-state index contributed by atoms with van der Waals surface area (Å²) < 4.78 is 7.77. The molecule has 0 aromatic carbocycles. The molecule has 0 aliphatic carbocycles. The van der Waals surface area contributed by atoms with Crippen LogP contribution in [0.3, 0.4) is 0 Å². The Bertz CT molecular complexity index is 803. The molecule has 0 bridgehead atoms. The number of fused-ring (bicyclic) bond motifs is 1. The van der Waals surface area contributed by atoms with Crippen LogP contribution in [0.15, 0.2) is 24.5 Å². The third-order valence-electron chi connectivity index (χ3n) is 5.81. The van der Waals surface area contributed by atoms with Crippen molar-refractivity contribution in [2.75, 3.05) is 26.8 Å². The van der Waals surface area contributed by atoms with Crippen LogP contribution in [-0.4, -0.2) is 63.4 Å². The van der Waals surface area contributed by atoms with E-state index in [1.807, 2.05) is 30.3 Å². The molecule has 2 aromatic rings. The van der Waals surface area contributed by atoms with Crippen molar-refractivity contribution >= 4 is 5.91 Å². The number of amides is 1. The molecular weight excluding hydrogens is 368 g/mol. The topological polar surface area (TPSA) is 85.2 Å². The maximum absolute atomic E-state index is 12.5. The zero-order valence-corrected chi connectivity index (χ0v) is 17.1. The first kappa shape index (κ1) is 20.0. The van der Waals surface area contributed by atoms with Gasteiger partial charge in [0.2, 0.25) is 5.91 Å². The van der Waals surface area contributed by atoms with E-state index in [-0.39, 0.29) is 11.9 Å². The zero-order valence-electron chi connectivity index (χ0n) is 17.1. The van der Waals surface area contributed by atoms with E-state index in [2.05, 4.69) is 25.1 Å². The minimum absolute atomic E-state index is 0.0729. The number of aromatic nitrogens is 4. The van der Waals surface area contributed by atoms with E-state index in [0.717, 1.165) is 69.1 Å². The van der Waals surface area contributed by atoms with Crippen molar-refractivity contribution in [1.82, 2.24) is 30.0 Å². The number of aryl methyl sites for hydroxylation is 1. The van der Waals surface area contributed by atoms with E-state index < -0.39 is 0 Å². The highest BCUT2D eigenvalue weighted by Gasteiger charge is 2.26. The van der Waals surface area contributed by atoms with Crippen LogP contribution in [0.25, 0.3) is 0 Å². The number of likely N-dealkylation sites (N-methyl/N-ethyl adjacent to an activating group) is 1. The molecule has 1 saturated heterocycles. The van der Waals surface area contributed by atoms with Crippen LogP contribution < -0.4 is 5.32 Å². The van der Waals surface area contributed by atoms with Crippen LogP contribution in [0.4, 0.5) is 0 Å². The number of carbonyl (C=O) groups excluding carboxylic acids is 1. The molecule has 156 valence electrons. The van der Waals surface area contributed by atoms with Crippen molar-refractivity contribution in [3.63, 3.8) is 0 Å². The first-order valence-electron chi connectivity index (χ1n) is 10.6. The highest BCUT2D eigenvalue weighted by Crippen LogP contribution is 2.27. The van der Waals surface area contributed by atoms with Gasteiger partial charge in [-0.05, 0) is 44.4 Å². The molecule has 4 rings (SSSR count). The summed E-state index contributed by atoms with van der Waals surface area (Å²) >= 11 is 0. The Hall–Kier alpha value is -2.32. The van der Waals surface area contributed by atoms with E-state index in [0.29, 0.717) is 19.0 Å². The molecule has 0 spiro atoms. The maximum atomic E-state index is 12.5. The van der Waals surface area contributed by atoms with E-state index >= 15 is 0 Å². The molecular formula is C21H30N6O2. The van der Waals surface area contributed by atoms with Crippen molar-refractivity contribution in [3.05, 3.63) is 41.7 Å². The van der Waals surface area contributed by atoms with Crippen LogP contribution in [0, 0.1) is 0 Å². The number of carbonyl (C=O) groups is 1. The van der Waals surface area contributed by atoms with Gasteiger partial charge in [0.1, 0.15) is 11.6 Å². The van der Waals surface area contributed by atoms with Gasteiger partial charge < -0.3 is 14.6 Å². The van der Waals surface area contributed by atoms with Crippen molar-refractivity contribution in [1.29, 1.82) is 0 Å². The summed E-state index contributed by atoms with van der Waals surface area (Å²) in [6, 6.07) is 4.12. The molecule has 29 heavy (non-hydrogen) atoms. The summed E-state index contributed by atoms with van der Waals surface area (Å²) in [4.78, 5) is 18.7. The van der Waals surface area contributed by atoms with Gasteiger partial charge in [0.25, 0.3) is 0 Å². The second kappa shape index (κ2) is 9.45. The summed E-state index contributed by atoms with van der Waals surface area (Å²) in [6.45, 7) is 3.56. The van der Waals surface area contributed by atoms with Gasteiger partial charge in [-0.2, -0.15) is 0 Å². The van der Waals surface area contributed by atoms with Gasteiger partial charge >= 0.3 is 0 Å². The smallest absolute Gasteiger partial charge is 0.234 e. The third kappa shape index (κ3) is 5.19. The Balaban J connectivity index is 1.28. The quantitative estimate of drug-likeness (QED) is 0.794. The van der Waals surface area contributed by atoms with Gasteiger partial charge in [0.05, 0.1) is 6.54 Å². The molecule has 8 heteroatoms. The molecule has 1 atom stereocenters. The second-order valence-electron chi connectivity index (χ2n) is 8.14. The van der Waals surface area contributed by atoms with Crippen LogP contribution in [0.5, 0.6) is 0 Å². The Labute approximate surface area is 171 Å². The minimum atomic E-state index is 0.0729. The van der Waals surface area contributed by atoms with Crippen LogP contribution in [0.1, 0.15) is 48.8 Å². The number of hydrogen-bond acceptors (Lipinski definition) is 6. The molecule has 0 saturated carbocycles. The Morgan fingerprint density at radius 3 is 2.93 bits per heavy atom. The van der Waals surface area contributed by atoms with E-state index in [1.165, 1.54) is 0 Å². The van der Waals surface area contributed by atoms with Gasteiger partial charge in [0.15, 0.2) is 0 Å². The van der Waals surface area contributed by atoms with Gasteiger partial charge in [-0.15, -0.1) is 10.2 Å². The van der Waals surface area contributed by atoms with E-state index in [4.69, 9.17) is 4.74 Å². The lowest BCUT2D eigenvalue weighted by atomic mass is 9.99. The fourth-order valence-electron chi connectivity index (χ4n) is 4.29. The molecule has 1 unspecified atom stereocenters. The lowest BCUT2D eigenvalue weighted by molar-refractivity contribution is -0.122. The molecule has 0 radical (unpaired) electrons. The molecule has 1 N–H and O–H groups in total. The Kier molecular flexibility index (Phi) is 6.51. The zero-order chi connectivity index (χ0) is 20.1. The molecule has 2 aliphatic rings. The molecule has 1 fully saturated rings. The van der Waals surface area contributed by atoms with Crippen molar-refractivity contribution in [2.24, 2.45) is 0 Å². The molecule has 4 heterocycles. The van der Waals surface area contributed by atoms with Crippen molar-refractivity contribution in [3.8, 4) is 0 Å². The fourth-order valence-corrected chi connectivity index (χ4v) is 4.29. The average molecular weight is 399 g/mol. The summed E-state index contributed by atoms with van der Waals surface area (Å²) in [7, 11) is 1.96. The molecule has 2 aromatic heterocycles. The summed E-state index contributed by atoms with van der Waals surface area (Å²) in [6.07, 6.45) is 8.31. The molecule has 2 aliphatic heterocycles. The SMILES string of the molecule is CN(CC(=O)NC1CCc2nnc(C3CCOCC3)n2CC1)Cc1cccnc1. The Morgan fingerprint density at radius 1 is 1.28 bits per heavy atom. The predicted molar refractivity (Wildman–Crippen MR) is 108 cm³/mol. The lowest BCUT2D eigenvalue weighted by Crippen LogP contribution is -2.41.